The molecule has 1 aromatic rings. The highest BCUT2D eigenvalue weighted by Crippen LogP contribution is 1.99. The lowest BCUT2D eigenvalue weighted by atomic mass is 10.2. The number of carbonyl (C=O) groups is 3. The summed E-state index contributed by atoms with van der Waals surface area (Å²) in [4.78, 5) is 52.0. The quantitative estimate of drug-likeness (QED) is 0.226. The third-order valence-electron chi connectivity index (χ3n) is 3.67. The van der Waals surface area contributed by atoms with Crippen LogP contribution in [0.1, 0.15) is 38.3 Å². The molecular weight excluding hydrogens is 394 g/mol. The van der Waals surface area contributed by atoms with Gasteiger partial charge in [-0.15, -0.1) is 0 Å². The molecule has 0 spiro atoms. The molecule has 0 radical (unpaired) electrons. The molecule has 3 amide bonds. The minimum Gasteiger partial charge on any atom is -0.459 e. The van der Waals surface area contributed by atoms with Crippen molar-refractivity contribution in [2.45, 2.75) is 39.5 Å². The number of hydrogen-bond acceptors (Lipinski definition) is 7. The molecule has 166 valence electrons. The molecule has 11 nitrogen and oxygen atoms in total. The van der Waals surface area contributed by atoms with Crippen molar-refractivity contribution in [3.05, 3.63) is 34.3 Å². The molecule has 0 aromatic carbocycles. The average Bonchev–Trinajstić information content (AvgIpc) is 2.66. The fourth-order valence-corrected chi connectivity index (χ4v) is 2.23. The number of carbonyl (C=O) groups excluding carboxylic acids is 3. The number of H-pyrrole nitrogens is 1. The number of esters is 1. The molecule has 0 saturated heterocycles. The minimum atomic E-state index is -0.567. The molecule has 0 bridgehead atoms. The van der Waals surface area contributed by atoms with Crippen LogP contribution in [0.3, 0.4) is 0 Å². The number of aromatic nitrogens is 2. The van der Waals surface area contributed by atoms with Gasteiger partial charge < -0.3 is 25.1 Å². The normalized spacial score (nSPS) is 10.1. The monoisotopic (exact) mass is 423 g/mol. The third-order valence-corrected chi connectivity index (χ3v) is 3.67. The first-order valence-electron chi connectivity index (χ1n) is 9.64. The van der Waals surface area contributed by atoms with Crippen molar-refractivity contribution in [2.24, 2.45) is 0 Å². The van der Waals surface area contributed by atoms with Crippen LogP contribution in [0.4, 0.5) is 15.5 Å². The molecule has 0 aliphatic heterocycles. The predicted octanol–water partition coefficient (Wildman–Crippen LogP) is 1.61. The second-order valence-corrected chi connectivity index (χ2v) is 6.53. The van der Waals surface area contributed by atoms with Crippen molar-refractivity contribution in [1.82, 2.24) is 20.6 Å². The maximum Gasteiger partial charge on any atom is 0.407 e. The Kier molecular flexibility index (Phi) is 11.3. The van der Waals surface area contributed by atoms with Crippen molar-refractivity contribution in [3.8, 4) is 0 Å². The lowest BCUT2D eigenvalue weighted by Gasteiger charge is -2.08. The molecule has 0 saturated carbocycles. The van der Waals surface area contributed by atoms with Gasteiger partial charge in [0.1, 0.15) is 13.2 Å². The molecule has 4 N–H and O–H groups in total. The molecule has 1 aromatic heterocycles. The fraction of sp³-hybridized carbons (Fsp3) is 0.526. The van der Waals surface area contributed by atoms with Gasteiger partial charge in [-0.05, 0) is 26.7 Å². The highest BCUT2D eigenvalue weighted by atomic mass is 16.6. The average molecular weight is 423 g/mol. The fourth-order valence-electron chi connectivity index (χ4n) is 2.23. The Hall–Kier alpha value is -3.37. The zero-order chi connectivity index (χ0) is 22.4. The van der Waals surface area contributed by atoms with E-state index in [9.17, 15) is 19.2 Å². The molecule has 30 heavy (non-hydrogen) atoms. The predicted molar refractivity (Wildman–Crippen MR) is 110 cm³/mol. The number of alkyl carbamates (subject to hydrolysis) is 1. The number of nitrogens with zero attached hydrogens (tertiary/aromatic N) is 1. The first kappa shape index (κ1) is 24.7. The number of unbranched alkanes of at least 4 members (excludes halogenated alkanes) is 3. The summed E-state index contributed by atoms with van der Waals surface area (Å²) < 4.78 is 9.67. The van der Waals surface area contributed by atoms with Gasteiger partial charge in [0.15, 0.2) is 0 Å². The third kappa shape index (κ3) is 11.5. The smallest absolute Gasteiger partial charge is 0.407 e. The topological polar surface area (TPSA) is 152 Å². The van der Waals surface area contributed by atoms with Crippen molar-refractivity contribution < 1.29 is 23.9 Å². The second-order valence-electron chi connectivity index (χ2n) is 6.53. The van der Waals surface area contributed by atoms with Crippen LogP contribution in [0.15, 0.2) is 23.0 Å². The Labute approximate surface area is 174 Å². The molecule has 1 heterocycles. The Bertz CT molecular complexity index is 792. The Morgan fingerprint density at radius 3 is 2.33 bits per heavy atom. The van der Waals surface area contributed by atoms with Crippen LogP contribution in [0.25, 0.3) is 0 Å². The zero-order valence-corrected chi connectivity index (χ0v) is 17.3. The van der Waals surface area contributed by atoms with E-state index in [-0.39, 0.29) is 24.7 Å². The van der Waals surface area contributed by atoms with Gasteiger partial charge in [-0.2, -0.15) is 4.98 Å². The lowest BCUT2D eigenvalue weighted by molar-refractivity contribution is -0.139. The summed E-state index contributed by atoms with van der Waals surface area (Å²) in [5.41, 5.74) is 0.467. The highest BCUT2D eigenvalue weighted by Gasteiger charge is 2.06. The maximum atomic E-state index is 11.7. The number of urea groups is 1. The van der Waals surface area contributed by atoms with Crippen LogP contribution in [0, 0.1) is 6.92 Å². The van der Waals surface area contributed by atoms with Gasteiger partial charge in [0.25, 0.3) is 5.56 Å². The largest absolute Gasteiger partial charge is 0.459 e. The van der Waals surface area contributed by atoms with Gasteiger partial charge in [0.2, 0.25) is 5.95 Å². The summed E-state index contributed by atoms with van der Waals surface area (Å²) in [5, 5.41) is 7.75. The number of aromatic amines is 1. The van der Waals surface area contributed by atoms with Crippen LogP contribution < -0.4 is 21.5 Å². The van der Waals surface area contributed by atoms with Crippen LogP contribution in [0.2, 0.25) is 0 Å². The number of hydrogen-bond donors (Lipinski definition) is 4. The number of amides is 3. The van der Waals surface area contributed by atoms with E-state index in [1.165, 1.54) is 13.0 Å². The van der Waals surface area contributed by atoms with E-state index < -0.39 is 23.7 Å². The van der Waals surface area contributed by atoms with E-state index in [0.717, 1.165) is 25.7 Å². The van der Waals surface area contributed by atoms with Gasteiger partial charge in [-0.25, -0.2) is 14.4 Å². The zero-order valence-electron chi connectivity index (χ0n) is 17.3. The molecule has 11 heteroatoms. The lowest BCUT2D eigenvalue weighted by Crippen LogP contribution is -2.31. The van der Waals surface area contributed by atoms with Crippen molar-refractivity contribution in [1.29, 1.82) is 0 Å². The number of ether oxygens (including phenoxy) is 2. The summed E-state index contributed by atoms with van der Waals surface area (Å²) >= 11 is 0. The molecule has 0 unspecified atom stereocenters. The van der Waals surface area contributed by atoms with Crippen molar-refractivity contribution >= 4 is 24.0 Å². The van der Waals surface area contributed by atoms with E-state index in [1.807, 2.05) is 0 Å². The Morgan fingerprint density at radius 2 is 1.70 bits per heavy atom. The van der Waals surface area contributed by atoms with Crippen molar-refractivity contribution in [2.75, 3.05) is 31.6 Å². The summed E-state index contributed by atoms with van der Waals surface area (Å²) in [6.45, 7) is 7.57. The molecule has 0 fully saturated rings. The van der Waals surface area contributed by atoms with Gasteiger partial charge in [0, 0.05) is 30.4 Å². The van der Waals surface area contributed by atoms with E-state index in [2.05, 4.69) is 32.5 Å². The van der Waals surface area contributed by atoms with Crippen LogP contribution in [-0.2, 0) is 14.3 Å². The number of nitrogens with one attached hydrogen (secondary N) is 4. The van der Waals surface area contributed by atoms with Gasteiger partial charge >= 0.3 is 18.1 Å². The van der Waals surface area contributed by atoms with Gasteiger partial charge in [0.05, 0.1) is 0 Å². The van der Waals surface area contributed by atoms with Crippen molar-refractivity contribution in [3.63, 3.8) is 0 Å². The molecule has 0 aliphatic carbocycles. The molecule has 0 aliphatic rings. The maximum absolute atomic E-state index is 11.7. The van der Waals surface area contributed by atoms with E-state index in [1.54, 1.807) is 6.92 Å². The van der Waals surface area contributed by atoms with E-state index in [0.29, 0.717) is 18.8 Å². The standard InChI is InChI=1S/C19H29N5O6/c1-13(2)16(26)29-10-11-30-19(28)21-9-7-5-4-6-8-20-18(27)24-17-22-14(3)12-15(25)23-17/h12H,1,4-11H2,2-3H3,(H,21,28)(H3,20,22,23,24,25,27). The molecule has 0 atom stereocenters. The summed E-state index contributed by atoms with van der Waals surface area (Å²) in [6.07, 6.45) is 2.70. The Morgan fingerprint density at radius 1 is 1.07 bits per heavy atom. The number of anilines is 1. The summed E-state index contributed by atoms with van der Waals surface area (Å²) in [5.74, 6) is -0.419. The second kappa shape index (κ2) is 13.7. The molecular formula is C19H29N5O6. The summed E-state index contributed by atoms with van der Waals surface area (Å²) in [6, 6.07) is 0.890. The van der Waals surface area contributed by atoms with E-state index >= 15 is 0 Å². The summed E-state index contributed by atoms with van der Waals surface area (Å²) in [7, 11) is 0. The molecule has 1 rings (SSSR count). The Balaban J connectivity index is 1.98. The van der Waals surface area contributed by atoms with Crippen LogP contribution in [0.5, 0.6) is 0 Å². The SMILES string of the molecule is C=C(C)C(=O)OCCOC(=O)NCCCCCCNC(=O)Nc1nc(=O)cc(C)[nH]1. The van der Waals surface area contributed by atoms with E-state index in [4.69, 9.17) is 9.47 Å². The first-order chi connectivity index (χ1) is 14.3. The van der Waals surface area contributed by atoms with Crippen LogP contribution >= 0.6 is 0 Å². The van der Waals surface area contributed by atoms with Gasteiger partial charge in [-0.1, -0.05) is 19.4 Å². The van der Waals surface area contributed by atoms with Gasteiger partial charge in [-0.3, -0.25) is 10.1 Å². The highest BCUT2D eigenvalue weighted by molar-refractivity contribution is 5.87. The first-order valence-corrected chi connectivity index (χ1v) is 9.64. The van der Waals surface area contributed by atoms with Crippen LogP contribution in [-0.4, -0.2) is 54.4 Å². The minimum absolute atomic E-state index is 0.0181. The number of aryl methyl sites for hydroxylation is 1. The number of rotatable bonds is 12.